The van der Waals surface area contributed by atoms with Crippen LogP contribution in [0.2, 0.25) is 0 Å². The highest BCUT2D eigenvalue weighted by atomic mass is 16.7. The van der Waals surface area contributed by atoms with E-state index in [1.807, 2.05) is 66.8 Å². The maximum absolute atomic E-state index is 13.5. The quantitative estimate of drug-likeness (QED) is 0.0149. The average molecular weight is 1160 g/mol. The van der Waals surface area contributed by atoms with Crippen LogP contribution in [-0.2, 0) is 23.8 Å². The highest BCUT2D eigenvalue weighted by molar-refractivity contribution is 5.80. The Hall–Kier alpha value is -3.42. The zero-order chi connectivity index (χ0) is 60.3. The summed E-state index contributed by atoms with van der Waals surface area (Å²) in [5.41, 5.74) is 0. The summed E-state index contributed by atoms with van der Waals surface area (Å²) < 4.78 is 17.6. The van der Waals surface area contributed by atoms with Crippen molar-refractivity contribution in [3.05, 3.63) is 97.2 Å². The van der Waals surface area contributed by atoms with Crippen LogP contribution >= 0.6 is 0 Å². The van der Waals surface area contributed by atoms with E-state index < -0.39 is 67.4 Å². The van der Waals surface area contributed by atoms with Gasteiger partial charge >= 0.3 is 5.97 Å². The van der Waals surface area contributed by atoms with Crippen molar-refractivity contribution < 1.29 is 49.3 Å². The van der Waals surface area contributed by atoms with Gasteiger partial charge in [-0.3, -0.25) is 9.59 Å². The third kappa shape index (κ3) is 46.5. The van der Waals surface area contributed by atoms with E-state index in [1.54, 1.807) is 6.08 Å². The smallest absolute Gasteiger partial charge is 0.306 e. The maximum atomic E-state index is 13.5. The minimum Gasteiger partial charge on any atom is -0.454 e. The molecule has 1 fully saturated rings. The summed E-state index contributed by atoms with van der Waals surface area (Å²) in [4.78, 5) is 26.6. The van der Waals surface area contributed by atoms with Gasteiger partial charge in [-0.2, -0.15) is 0 Å². The van der Waals surface area contributed by atoms with Gasteiger partial charge in [0.25, 0.3) is 0 Å². The van der Waals surface area contributed by atoms with Crippen LogP contribution in [0, 0.1) is 0 Å². The molecular weight excluding hydrogens is 1040 g/mol. The Labute approximate surface area is 507 Å². The maximum Gasteiger partial charge on any atom is 0.306 e. The molecule has 1 aliphatic heterocycles. The molecule has 11 heteroatoms. The fraction of sp³-hybridized carbons (Fsp3) is 0.750. The molecule has 0 aromatic carbocycles. The Kier molecular flexibility index (Phi) is 55.1. The summed E-state index contributed by atoms with van der Waals surface area (Å²) >= 11 is 0. The van der Waals surface area contributed by atoms with Gasteiger partial charge in [-0.15, -0.1) is 0 Å². The van der Waals surface area contributed by atoms with Gasteiger partial charge in [0.05, 0.1) is 25.4 Å². The number of amides is 1. The molecule has 83 heavy (non-hydrogen) atoms. The van der Waals surface area contributed by atoms with E-state index in [-0.39, 0.29) is 19.4 Å². The number of nitrogens with one attached hydrogen (secondary N) is 1. The number of hydrogen-bond donors (Lipinski definition) is 6. The first-order valence-electron chi connectivity index (χ1n) is 34.1. The molecule has 1 aliphatic rings. The Bertz CT molecular complexity index is 1720. The van der Waals surface area contributed by atoms with E-state index in [4.69, 9.17) is 14.2 Å². The minimum absolute atomic E-state index is 0.0685. The fourth-order valence-electron chi connectivity index (χ4n) is 10.3. The molecule has 1 amide bonds. The van der Waals surface area contributed by atoms with E-state index in [2.05, 4.69) is 50.4 Å². The van der Waals surface area contributed by atoms with Crippen LogP contribution in [0.1, 0.15) is 284 Å². The lowest BCUT2D eigenvalue weighted by Gasteiger charge is -2.41. The molecule has 478 valence electrons. The Morgan fingerprint density at radius 2 is 0.880 bits per heavy atom. The molecule has 8 unspecified atom stereocenters. The second kappa shape index (κ2) is 58.9. The zero-order valence-corrected chi connectivity index (χ0v) is 53.0. The summed E-state index contributed by atoms with van der Waals surface area (Å²) in [5, 5.41) is 57.2. The first kappa shape index (κ1) is 77.6. The van der Waals surface area contributed by atoms with E-state index in [0.29, 0.717) is 12.8 Å². The third-order valence-electron chi connectivity index (χ3n) is 15.6. The average Bonchev–Trinajstić information content (AvgIpc) is 3.58. The third-order valence-corrected chi connectivity index (χ3v) is 15.6. The van der Waals surface area contributed by atoms with Crippen LogP contribution in [0.15, 0.2) is 97.2 Å². The lowest BCUT2D eigenvalue weighted by molar-refractivity contribution is -0.305. The lowest BCUT2D eigenvalue weighted by Crippen LogP contribution is -2.61. The standard InChI is InChI=1S/C72H125NO10/c1-4-7-10-13-16-19-22-25-27-29-30-31-32-33-34-35-37-38-41-44-47-50-53-56-59-65(76)71(80)73-63(64(75)58-55-52-49-46-43-40-24-21-18-15-12-9-6-3)62-81-72-70(69(79)68(78)66(61-74)82-72)83-67(77)60-57-54-51-48-45-42-39-36-28-26-23-20-17-14-11-8-5-2/h8,11,14,17,20,23,25-28,36,39,42,45,55,58,63-66,68-70,72,74-76,78-79H,4-7,9-10,12-13,15-16,18-19,21-22,24,29-35,37-38,40-41,43-44,46-54,56-57,59-62H2,1-3H3,(H,73,80)/b11-8-,17-14+,23-20+,27-25+,28-26-,39-36+,45-42+,58-55+. The SMILES string of the molecule is CC\C=C/C=C/C=C/C=C\C=C\C=C\CCCCCC(=O)OC1C(OCC(NC(=O)C(O)CCCCCCCCCCCCCCCC/C=C/CCCCCCCC)C(O)/C=C/CCCCCCCCCCCCC)OC(CO)C(O)C1O. The molecule has 0 bridgehead atoms. The molecule has 0 saturated carbocycles. The fourth-order valence-corrected chi connectivity index (χ4v) is 10.3. The Morgan fingerprint density at radius 1 is 0.482 bits per heavy atom. The van der Waals surface area contributed by atoms with Crippen molar-refractivity contribution in [2.75, 3.05) is 13.2 Å². The number of rotatable bonds is 57. The van der Waals surface area contributed by atoms with Gasteiger partial charge in [0.1, 0.15) is 24.4 Å². The number of aliphatic hydroxyl groups is 5. The molecule has 0 aromatic rings. The Morgan fingerprint density at radius 3 is 1.34 bits per heavy atom. The first-order valence-corrected chi connectivity index (χ1v) is 34.1. The second-order valence-corrected chi connectivity index (χ2v) is 23.3. The monoisotopic (exact) mass is 1160 g/mol. The van der Waals surface area contributed by atoms with Gasteiger partial charge in [-0.1, -0.05) is 304 Å². The number of esters is 1. The molecule has 1 rings (SSSR count). The van der Waals surface area contributed by atoms with Gasteiger partial charge in [0, 0.05) is 6.42 Å². The van der Waals surface area contributed by atoms with Crippen molar-refractivity contribution >= 4 is 11.9 Å². The molecule has 1 saturated heterocycles. The van der Waals surface area contributed by atoms with Gasteiger partial charge in [-0.05, 0) is 70.6 Å². The summed E-state index contributed by atoms with van der Waals surface area (Å²) in [6.07, 6.45) is 68.8. The van der Waals surface area contributed by atoms with Gasteiger partial charge in [-0.25, -0.2) is 0 Å². The molecule has 1 heterocycles. The number of carbonyl (C=O) groups excluding carboxylic acids is 2. The first-order chi connectivity index (χ1) is 40.7. The van der Waals surface area contributed by atoms with Crippen molar-refractivity contribution in [1.82, 2.24) is 5.32 Å². The van der Waals surface area contributed by atoms with E-state index in [0.717, 1.165) is 64.2 Å². The minimum atomic E-state index is -1.64. The van der Waals surface area contributed by atoms with Crippen molar-refractivity contribution in [2.24, 2.45) is 0 Å². The number of hydrogen-bond acceptors (Lipinski definition) is 10. The van der Waals surface area contributed by atoms with Crippen LogP contribution in [0.4, 0.5) is 0 Å². The number of allylic oxidation sites excluding steroid dienone is 15. The van der Waals surface area contributed by atoms with Crippen molar-refractivity contribution in [3.63, 3.8) is 0 Å². The van der Waals surface area contributed by atoms with Crippen molar-refractivity contribution in [3.8, 4) is 0 Å². The molecular formula is C72H125NO10. The molecule has 0 aliphatic carbocycles. The molecule has 8 atom stereocenters. The van der Waals surface area contributed by atoms with Crippen molar-refractivity contribution in [1.29, 1.82) is 0 Å². The van der Waals surface area contributed by atoms with Crippen LogP contribution < -0.4 is 5.32 Å². The normalized spacial score (nSPS) is 19.2. The topological polar surface area (TPSA) is 175 Å². The summed E-state index contributed by atoms with van der Waals surface area (Å²) in [6, 6.07) is -1.04. The number of ether oxygens (including phenoxy) is 3. The highest BCUT2D eigenvalue weighted by Gasteiger charge is 2.47. The van der Waals surface area contributed by atoms with Crippen LogP contribution in [0.5, 0.6) is 0 Å². The van der Waals surface area contributed by atoms with Crippen LogP contribution in [0.3, 0.4) is 0 Å². The molecule has 11 nitrogen and oxygen atoms in total. The molecule has 0 aromatic heterocycles. The lowest BCUT2D eigenvalue weighted by atomic mass is 9.99. The summed E-state index contributed by atoms with van der Waals surface area (Å²) in [5.74, 6) is -1.24. The van der Waals surface area contributed by atoms with Gasteiger partial charge in [0.15, 0.2) is 12.4 Å². The van der Waals surface area contributed by atoms with Crippen LogP contribution in [0.25, 0.3) is 0 Å². The Balaban J connectivity index is 2.64. The number of unbranched alkanes of at least 4 members (excludes halogenated alkanes) is 34. The molecule has 0 radical (unpaired) electrons. The predicted octanol–water partition coefficient (Wildman–Crippen LogP) is 17.1. The van der Waals surface area contributed by atoms with E-state index in [9.17, 15) is 35.1 Å². The predicted molar refractivity (Wildman–Crippen MR) is 347 cm³/mol. The van der Waals surface area contributed by atoms with Crippen molar-refractivity contribution in [2.45, 2.75) is 333 Å². The number of aliphatic hydroxyl groups excluding tert-OH is 5. The van der Waals surface area contributed by atoms with E-state index in [1.165, 1.54) is 173 Å². The zero-order valence-electron chi connectivity index (χ0n) is 53.0. The van der Waals surface area contributed by atoms with Gasteiger partial charge in [0.2, 0.25) is 5.91 Å². The molecule has 6 N–H and O–H groups in total. The number of carbonyl (C=O) groups is 2. The largest absolute Gasteiger partial charge is 0.454 e. The van der Waals surface area contributed by atoms with Crippen LogP contribution in [-0.4, -0.2) is 99.6 Å². The van der Waals surface area contributed by atoms with E-state index >= 15 is 0 Å². The second-order valence-electron chi connectivity index (χ2n) is 23.3. The van der Waals surface area contributed by atoms with Gasteiger partial charge < -0.3 is 45.1 Å². The highest BCUT2D eigenvalue weighted by Crippen LogP contribution is 2.26. The summed E-state index contributed by atoms with van der Waals surface area (Å²) in [6.45, 7) is 5.64. The summed E-state index contributed by atoms with van der Waals surface area (Å²) in [7, 11) is 0. The molecule has 0 spiro atoms.